The van der Waals surface area contributed by atoms with Crippen molar-refractivity contribution in [2.45, 2.75) is 66.4 Å². The molecule has 1 N–H and O–H groups in total. The Hall–Kier alpha value is -1.18. The summed E-state index contributed by atoms with van der Waals surface area (Å²) in [5.74, 6) is 2.08. The number of rotatable bonds is 2. The molecule has 106 valence electrons. The van der Waals surface area contributed by atoms with Crippen molar-refractivity contribution in [1.82, 2.24) is 0 Å². The fraction of sp³-hybridized carbons (Fsp3) is 0.647. The molecule has 2 heteroatoms. The van der Waals surface area contributed by atoms with Crippen molar-refractivity contribution in [2.75, 3.05) is 0 Å². The zero-order valence-electron chi connectivity index (χ0n) is 13.1. The standard InChI is InChI=1S/C17H26O2/c1-10(2)9-17(6)8-7-14-13(5)15(18)11(3)12(4)16(14)19-17/h10,18H,7-9H2,1-6H3/t17-/m1/s1. The minimum Gasteiger partial charge on any atom is -0.507 e. The van der Waals surface area contributed by atoms with Crippen LogP contribution in [-0.4, -0.2) is 10.7 Å². The summed E-state index contributed by atoms with van der Waals surface area (Å²) in [5.41, 5.74) is 4.16. The lowest BCUT2D eigenvalue weighted by molar-refractivity contribution is 0.0428. The number of benzene rings is 1. The third kappa shape index (κ3) is 2.45. The summed E-state index contributed by atoms with van der Waals surface area (Å²) in [6.07, 6.45) is 3.10. The first-order chi connectivity index (χ1) is 8.75. The van der Waals surface area contributed by atoms with Crippen LogP contribution >= 0.6 is 0 Å². The van der Waals surface area contributed by atoms with Crippen LogP contribution < -0.4 is 4.74 Å². The second-order valence-electron chi connectivity index (χ2n) is 6.68. The van der Waals surface area contributed by atoms with Crippen LogP contribution in [0.15, 0.2) is 0 Å². The van der Waals surface area contributed by atoms with Gasteiger partial charge in [-0.05, 0) is 69.6 Å². The molecular weight excluding hydrogens is 236 g/mol. The molecule has 0 saturated heterocycles. The third-order valence-corrected chi connectivity index (χ3v) is 4.43. The van der Waals surface area contributed by atoms with Gasteiger partial charge in [0.05, 0.1) is 0 Å². The van der Waals surface area contributed by atoms with E-state index in [-0.39, 0.29) is 5.60 Å². The van der Waals surface area contributed by atoms with Crippen LogP contribution in [0.4, 0.5) is 0 Å². The SMILES string of the molecule is Cc1c(C)c2c(c(C)c1O)CC[C@](C)(CC(C)C)O2. The van der Waals surface area contributed by atoms with Crippen LogP contribution in [0, 0.1) is 26.7 Å². The molecular formula is C17H26O2. The zero-order valence-corrected chi connectivity index (χ0v) is 13.1. The van der Waals surface area contributed by atoms with E-state index in [1.54, 1.807) is 0 Å². The molecule has 1 aromatic carbocycles. The predicted octanol–water partition coefficient (Wildman–Crippen LogP) is 4.45. The average Bonchev–Trinajstić information content (AvgIpc) is 2.32. The van der Waals surface area contributed by atoms with E-state index in [1.165, 1.54) is 5.56 Å². The van der Waals surface area contributed by atoms with Crippen LogP contribution in [0.5, 0.6) is 11.5 Å². The topological polar surface area (TPSA) is 29.5 Å². The Morgan fingerprint density at radius 1 is 1.16 bits per heavy atom. The van der Waals surface area contributed by atoms with Crippen LogP contribution in [0.3, 0.4) is 0 Å². The quantitative estimate of drug-likeness (QED) is 0.853. The molecule has 0 fully saturated rings. The maximum Gasteiger partial charge on any atom is 0.127 e. The van der Waals surface area contributed by atoms with E-state index in [2.05, 4.69) is 27.7 Å². The molecule has 19 heavy (non-hydrogen) atoms. The van der Waals surface area contributed by atoms with Gasteiger partial charge in [0.25, 0.3) is 0 Å². The first-order valence-electron chi connectivity index (χ1n) is 7.26. The lowest BCUT2D eigenvalue weighted by Crippen LogP contribution is -2.38. The van der Waals surface area contributed by atoms with Gasteiger partial charge in [0.2, 0.25) is 0 Å². The van der Waals surface area contributed by atoms with Gasteiger partial charge < -0.3 is 9.84 Å². The highest BCUT2D eigenvalue weighted by Crippen LogP contribution is 2.44. The first kappa shape index (κ1) is 14.2. The van der Waals surface area contributed by atoms with E-state index in [4.69, 9.17) is 4.74 Å². The highest BCUT2D eigenvalue weighted by atomic mass is 16.5. The van der Waals surface area contributed by atoms with E-state index < -0.39 is 0 Å². The van der Waals surface area contributed by atoms with E-state index in [0.29, 0.717) is 11.7 Å². The second-order valence-corrected chi connectivity index (χ2v) is 6.68. The van der Waals surface area contributed by atoms with Gasteiger partial charge in [-0.3, -0.25) is 0 Å². The largest absolute Gasteiger partial charge is 0.507 e. The van der Waals surface area contributed by atoms with Crippen LogP contribution in [-0.2, 0) is 6.42 Å². The van der Waals surface area contributed by atoms with Gasteiger partial charge in [0.15, 0.2) is 0 Å². The minimum absolute atomic E-state index is 0.0677. The Morgan fingerprint density at radius 2 is 1.79 bits per heavy atom. The van der Waals surface area contributed by atoms with Crippen LogP contribution in [0.1, 0.15) is 55.9 Å². The smallest absolute Gasteiger partial charge is 0.127 e. The van der Waals surface area contributed by atoms with Gasteiger partial charge in [-0.15, -0.1) is 0 Å². The van der Waals surface area contributed by atoms with Gasteiger partial charge in [0, 0.05) is 5.56 Å². The van der Waals surface area contributed by atoms with Crippen molar-refractivity contribution >= 4 is 0 Å². The molecule has 0 aliphatic carbocycles. The Balaban J connectivity index is 2.46. The Bertz CT molecular complexity index is 503. The van der Waals surface area contributed by atoms with Crippen molar-refractivity contribution in [3.05, 3.63) is 22.3 Å². The van der Waals surface area contributed by atoms with Crippen molar-refractivity contribution in [1.29, 1.82) is 0 Å². The molecule has 1 aromatic rings. The van der Waals surface area contributed by atoms with Crippen LogP contribution in [0.25, 0.3) is 0 Å². The number of aromatic hydroxyl groups is 1. The average molecular weight is 262 g/mol. The Morgan fingerprint density at radius 3 is 2.37 bits per heavy atom. The molecule has 0 radical (unpaired) electrons. The second kappa shape index (κ2) is 4.73. The lowest BCUT2D eigenvalue weighted by Gasteiger charge is -2.39. The molecule has 1 aliphatic heterocycles. The number of phenolic OH excluding ortho intramolecular Hbond substituents is 1. The fourth-order valence-electron chi connectivity index (χ4n) is 3.30. The Labute approximate surface area is 116 Å². The molecule has 1 heterocycles. The maximum absolute atomic E-state index is 10.2. The molecule has 0 amide bonds. The highest BCUT2D eigenvalue weighted by Gasteiger charge is 2.34. The summed E-state index contributed by atoms with van der Waals surface area (Å²) in [6.45, 7) is 12.7. The number of phenols is 1. The van der Waals surface area contributed by atoms with Gasteiger partial charge in [0.1, 0.15) is 17.1 Å². The summed E-state index contributed by atoms with van der Waals surface area (Å²) in [4.78, 5) is 0. The summed E-state index contributed by atoms with van der Waals surface area (Å²) in [5, 5.41) is 10.2. The number of hydrogen-bond donors (Lipinski definition) is 1. The molecule has 2 nitrogen and oxygen atoms in total. The van der Waals surface area contributed by atoms with Crippen LogP contribution in [0.2, 0.25) is 0 Å². The predicted molar refractivity (Wildman–Crippen MR) is 79.1 cm³/mol. The van der Waals surface area contributed by atoms with Crippen molar-refractivity contribution < 1.29 is 9.84 Å². The molecule has 1 atom stereocenters. The fourth-order valence-corrected chi connectivity index (χ4v) is 3.30. The van der Waals surface area contributed by atoms with E-state index in [9.17, 15) is 5.11 Å². The lowest BCUT2D eigenvalue weighted by atomic mass is 9.83. The van der Waals surface area contributed by atoms with Crippen molar-refractivity contribution in [3.63, 3.8) is 0 Å². The van der Waals surface area contributed by atoms with Crippen molar-refractivity contribution in [2.24, 2.45) is 5.92 Å². The monoisotopic (exact) mass is 262 g/mol. The van der Waals surface area contributed by atoms with Gasteiger partial charge in [-0.2, -0.15) is 0 Å². The molecule has 0 unspecified atom stereocenters. The maximum atomic E-state index is 10.2. The zero-order chi connectivity index (χ0) is 14.4. The van der Waals surface area contributed by atoms with Gasteiger partial charge >= 0.3 is 0 Å². The minimum atomic E-state index is -0.0677. The number of hydrogen-bond acceptors (Lipinski definition) is 2. The molecule has 0 bridgehead atoms. The van der Waals surface area contributed by atoms with E-state index in [0.717, 1.165) is 41.7 Å². The first-order valence-corrected chi connectivity index (χ1v) is 7.26. The molecule has 1 aliphatic rings. The van der Waals surface area contributed by atoms with Crippen molar-refractivity contribution in [3.8, 4) is 11.5 Å². The molecule has 0 aromatic heterocycles. The highest BCUT2D eigenvalue weighted by molar-refractivity contribution is 5.58. The normalized spacial score (nSPS) is 22.3. The van der Waals surface area contributed by atoms with Gasteiger partial charge in [-0.25, -0.2) is 0 Å². The Kier molecular flexibility index (Phi) is 3.55. The number of fused-ring (bicyclic) bond motifs is 1. The molecule has 0 spiro atoms. The van der Waals surface area contributed by atoms with E-state index >= 15 is 0 Å². The summed E-state index contributed by atoms with van der Waals surface area (Å²) < 4.78 is 6.37. The van der Waals surface area contributed by atoms with E-state index in [1.807, 2.05) is 13.8 Å². The third-order valence-electron chi connectivity index (χ3n) is 4.43. The van der Waals surface area contributed by atoms with Gasteiger partial charge in [-0.1, -0.05) is 13.8 Å². The molecule has 2 rings (SSSR count). The summed E-state index contributed by atoms with van der Waals surface area (Å²) in [6, 6.07) is 0. The summed E-state index contributed by atoms with van der Waals surface area (Å²) in [7, 11) is 0. The summed E-state index contributed by atoms with van der Waals surface area (Å²) >= 11 is 0. The molecule has 0 saturated carbocycles. The number of ether oxygens (including phenoxy) is 1.